The molecule has 10 heteroatoms. The molecule has 2 atom stereocenters. The van der Waals surface area contributed by atoms with Gasteiger partial charge >= 0.3 is 0 Å². The van der Waals surface area contributed by atoms with E-state index in [0.29, 0.717) is 23.5 Å². The minimum atomic E-state index is -0.242. The molecule has 0 saturated heterocycles. The Morgan fingerprint density at radius 1 is 1.29 bits per heavy atom. The summed E-state index contributed by atoms with van der Waals surface area (Å²) in [6.45, 7) is 0. The van der Waals surface area contributed by atoms with Gasteiger partial charge < -0.3 is 11.1 Å². The van der Waals surface area contributed by atoms with Crippen LogP contribution in [0, 0.1) is 5.92 Å². The quantitative estimate of drug-likeness (QED) is 0.546. The van der Waals surface area contributed by atoms with E-state index in [4.69, 9.17) is 5.73 Å². The first-order valence-electron chi connectivity index (χ1n) is 9.15. The summed E-state index contributed by atoms with van der Waals surface area (Å²) in [5.41, 5.74) is 8.40. The molecule has 1 saturated carbocycles. The smallest absolute Gasteiger partial charge is 0.225 e. The zero-order valence-electron chi connectivity index (χ0n) is 15.3. The number of carbonyl (C=O) groups excluding carboxylic acids is 1. The summed E-state index contributed by atoms with van der Waals surface area (Å²) in [5, 5.41) is 17.1. The van der Waals surface area contributed by atoms with E-state index < -0.39 is 0 Å². The molecule has 1 aromatic carbocycles. The van der Waals surface area contributed by atoms with E-state index in [1.54, 1.807) is 15.6 Å². The fraction of sp³-hybridized carbons (Fsp3) is 0.333. The van der Waals surface area contributed by atoms with Crippen LogP contribution in [0.3, 0.4) is 0 Å². The van der Waals surface area contributed by atoms with Crippen molar-refractivity contribution in [1.82, 2.24) is 34.7 Å². The Bertz CT molecular complexity index is 1190. The molecule has 0 bridgehead atoms. The lowest BCUT2D eigenvalue weighted by Crippen LogP contribution is -2.23. The van der Waals surface area contributed by atoms with Gasteiger partial charge in [-0.05, 0) is 37.5 Å². The van der Waals surface area contributed by atoms with Crippen LogP contribution in [0.4, 0.5) is 5.95 Å². The normalized spacial score (nSPS) is 19.5. The van der Waals surface area contributed by atoms with Gasteiger partial charge in [-0.25, -0.2) is 4.98 Å². The van der Waals surface area contributed by atoms with Gasteiger partial charge in [0, 0.05) is 30.6 Å². The number of benzene rings is 1. The van der Waals surface area contributed by atoms with E-state index in [-0.39, 0.29) is 17.9 Å². The minimum Gasteiger partial charge on any atom is -0.369 e. The van der Waals surface area contributed by atoms with E-state index in [0.717, 1.165) is 29.4 Å². The molecule has 3 N–H and O–H groups in total. The van der Waals surface area contributed by atoms with Crippen molar-refractivity contribution in [2.24, 2.45) is 18.7 Å². The fourth-order valence-electron chi connectivity index (χ4n) is 3.79. The third-order valence-corrected chi connectivity index (χ3v) is 5.21. The average Bonchev–Trinajstić information content (AvgIpc) is 3.38. The Morgan fingerprint density at radius 3 is 3.00 bits per heavy atom. The number of carbonyl (C=O) groups is 1. The van der Waals surface area contributed by atoms with Crippen molar-refractivity contribution >= 4 is 33.9 Å². The SMILES string of the molecule is Cn1cc2cc(-n3nnc4cnc(NC5CC[C@@H](C(N)=O)C5)nc43)ccc2n1. The summed E-state index contributed by atoms with van der Waals surface area (Å²) in [4.78, 5) is 20.3. The molecule has 0 spiro atoms. The summed E-state index contributed by atoms with van der Waals surface area (Å²) < 4.78 is 3.47. The molecule has 0 radical (unpaired) electrons. The number of fused-ring (bicyclic) bond motifs is 2. The van der Waals surface area contributed by atoms with Crippen LogP contribution >= 0.6 is 0 Å². The number of primary amides is 1. The van der Waals surface area contributed by atoms with E-state index in [9.17, 15) is 4.79 Å². The van der Waals surface area contributed by atoms with E-state index in [2.05, 4.69) is 30.7 Å². The van der Waals surface area contributed by atoms with Crippen LogP contribution in [-0.4, -0.2) is 46.7 Å². The molecule has 10 nitrogen and oxygen atoms in total. The van der Waals surface area contributed by atoms with Gasteiger partial charge in [-0.1, -0.05) is 5.21 Å². The summed E-state index contributed by atoms with van der Waals surface area (Å²) >= 11 is 0. The van der Waals surface area contributed by atoms with Crippen LogP contribution in [0.25, 0.3) is 27.8 Å². The summed E-state index contributed by atoms with van der Waals surface area (Å²) in [5.74, 6) is 0.169. The third-order valence-electron chi connectivity index (χ3n) is 5.21. The predicted octanol–water partition coefficient (Wildman–Crippen LogP) is 1.16. The predicted molar refractivity (Wildman–Crippen MR) is 103 cm³/mol. The van der Waals surface area contributed by atoms with Crippen LogP contribution in [-0.2, 0) is 11.8 Å². The molecule has 1 aliphatic rings. The maximum Gasteiger partial charge on any atom is 0.225 e. The highest BCUT2D eigenvalue weighted by molar-refractivity contribution is 5.81. The Balaban J connectivity index is 1.47. The van der Waals surface area contributed by atoms with Gasteiger partial charge in [-0.2, -0.15) is 14.8 Å². The van der Waals surface area contributed by atoms with Crippen molar-refractivity contribution in [3.05, 3.63) is 30.6 Å². The number of anilines is 1. The summed E-state index contributed by atoms with van der Waals surface area (Å²) in [6.07, 6.45) is 5.96. The lowest BCUT2D eigenvalue weighted by atomic mass is 10.1. The molecule has 28 heavy (non-hydrogen) atoms. The van der Waals surface area contributed by atoms with Crippen LogP contribution in [0.1, 0.15) is 19.3 Å². The number of aromatic nitrogens is 7. The monoisotopic (exact) mass is 377 g/mol. The Hall–Kier alpha value is -3.56. The number of nitrogens with one attached hydrogen (secondary N) is 1. The molecular weight excluding hydrogens is 358 g/mol. The highest BCUT2D eigenvalue weighted by Gasteiger charge is 2.28. The lowest BCUT2D eigenvalue weighted by molar-refractivity contribution is -0.121. The number of hydrogen-bond acceptors (Lipinski definition) is 7. The molecule has 142 valence electrons. The highest BCUT2D eigenvalue weighted by Crippen LogP contribution is 2.27. The molecule has 1 unspecified atom stereocenters. The second-order valence-electron chi connectivity index (χ2n) is 7.20. The topological polar surface area (TPSA) is 129 Å². The van der Waals surface area contributed by atoms with Crippen molar-refractivity contribution in [3.8, 4) is 5.69 Å². The Labute approximate surface area is 159 Å². The van der Waals surface area contributed by atoms with Gasteiger partial charge in [0.15, 0.2) is 11.2 Å². The largest absolute Gasteiger partial charge is 0.369 e. The van der Waals surface area contributed by atoms with Crippen molar-refractivity contribution in [1.29, 1.82) is 0 Å². The number of aryl methyl sites for hydroxylation is 1. The van der Waals surface area contributed by atoms with Gasteiger partial charge in [0.25, 0.3) is 0 Å². The molecule has 3 heterocycles. The first kappa shape index (κ1) is 16.6. The molecule has 5 rings (SSSR count). The number of nitrogens with zero attached hydrogens (tertiary/aromatic N) is 7. The molecule has 4 aromatic rings. The van der Waals surface area contributed by atoms with Gasteiger partial charge in [0.1, 0.15) is 0 Å². The average molecular weight is 377 g/mol. The second-order valence-corrected chi connectivity index (χ2v) is 7.20. The standard InChI is InChI=1S/C18H19N9O/c1-26-9-11-7-13(4-5-14(11)24-26)27-17-15(23-25-27)8-20-18(22-17)21-12-3-2-10(6-12)16(19)28/h4-5,7-10,12H,2-3,6H2,1H3,(H2,19,28)(H,20,21,22)/t10-,12?/m1/s1. The van der Waals surface area contributed by atoms with Gasteiger partial charge in [0.2, 0.25) is 11.9 Å². The summed E-state index contributed by atoms with van der Waals surface area (Å²) in [7, 11) is 1.89. The van der Waals surface area contributed by atoms with Crippen LogP contribution in [0.15, 0.2) is 30.6 Å². The molecule has 3 aromatic heterocycles. The lowest BCUT2D eigenvalue weighted by Gasteiger charge is -2.12. The van der Waals surface area contributed by atoms with Crippen molar-refractivity contribution in [2.75, 3.05) is 5.32 Å². The van der Waals surface area contributed by atoms with Gasteiger partial charge in [0.05, 0.1) is 17.4 Å². The van der Waals surface area contributed by atoms with E-state index in [1.165, 1.54) is 0 Å². The zero-order chi connectivity index (χ0) is 19.3. The molecule has 1 aliphatic carbocycles. The van der Waals surface area contributed by atoms with E-state index >= 15 is 0 Å². The second kappa shape index (κ2) is 6.25. The van der Waals surface area contributed by atoms with Crippen LogP contribution < -0.4 is 11.1 Å². The number of nitrogens with two attached hydrogens (primary N) is 1. The number of rotatable bonds is 4. The minimum absolute atomic E-state index is 0.0837. The van der Waals surface area contributed by atoms with Crippen molar-refractivity contribution < 1.29 is 4.79 Å². The summed E-state index contributed by atoms with van der Waals surface area (Å²) in [6, 6.07) is 6.01. The van der Waals surface area contributed by atoms with Crippen LogP contribution in [0.2, 0.25) is 0 Å². The molecule has 0 aliphatic heterocycles. The third kappa shape index (κ3) is 2.82. The fourth-order valence-corrected chi connectivity index (χ4v) is 3.79. The Kier molecular flexibility index (Phi) is 3.71. The van der Waals surface area contributed by atoms with Gasteiger partial charge in [-0.3, -0.25) is 9.48 Å². The number of amides is 1. The van der Waals surface area contributed by atoms with Crippen molar-refractivity contribution in [2.45, 2.75) is 25.3 Å². The molecule has 1 fully saturated rings. The first-order valence-corrected chi connectivity index (χ1v) is 9.15. The maximum absolute atomic E-state index is 11.4. The first-order chi connectivity index (χ1) is 13.6. The van der Waals surface area contributed by atoms with E-state index in [1.807, 2.05) is 31.4 Å². The molecule has 1 amide bonds. The number of hydrogen-bond donors (Lipinski definition) is 2. The molecular formula is C18H19N9O. The van der Waals surface area contributed by atoms with Crippen LogP contribution in [0.5, 0.6) is 0 Å². The maximum atomic E-state index is 11.4. The van der Waals surface area contributed by atoms with Crippen molar-refractivity contribution in [3.63, 3.8) is 0 Å². The van der Waals surface area contributed by atoms with Gasteiger partial charge in [-0.15, -0.1) is 5.10 Å². The highest BCUT2D eigenvalue weighted by atomic mass is 16.1. The Morgan fingerprint density at radius 2 is 2.18 bits per heavy atom. The zero-order valence-corrected chi connectivity index (χ0v) is 15.3.